The van der Waals surface area contributed by atoms with Crippen LogP contribution < -0.4 is 10.1 Å². The lowest BCUT2D eigenvalue weighted by Gasteiger charge is -2.35. The third kappa shape index (κ3) is 5.69. The van der Waals surface area contributed by atoms with Gasteiger partial charge in [0.2, 0.25) is 11.8 Å². The Morgan fingerprint density at radius 1 is 1.21 bits per heavy atom. The highest BCUT2D eigenvalue weighted by molar-refractivity contribution is 6.30. The van der Waals surface area contributed by atoms with Crippen molar-refractivity contribution >= 4 is 23.4 Å². The predicted molar refractivity (Wildman–Crippen MR) is 93.2 cm³/mol. The topological polar surface area (TPSA) is 61.9 Å². The molecule has 7 heteroatoms. The van der Waals surface area contributed by atoms with Gasteiger partial charge >= 0.3 is 0 Å². The quantitative estimate of drug-likeness (QED) is 0.839. The molecule has 1 aliphatic heterocycles. The van der Waals surface area contributed by atoms with Crippen LogP contribution in [0.25, 0.3) is 0 Å². The summed E-state index contributed by atoms with van der Waals surface area (Å²) in [7, 11) is 0. The number of carbonyl (C=O) groups is 2. The fourth-order valence-electron chi connectivity index (χ4n) is 2.66. The number of hydrogen-bond donors (Lipinski definition) is 1. The van der Waals surface area contributed by atoms with Crippen molar-refractivity contribution in [2.45, 2.75) is 19.9 Å². The molecule has 1 aromatic rings. The summed E-state index contributed by atoms with van der Waals surface area (Å²) in [6, 6.07) is 6.84. The number of ether oxygens (including phenoxy) is 1. The molecule has 0 spiro atoms. The number of nitrogens with zero attached hydrogens (tertiary/aromatic N) is 2. The van der Waals surface area contributed by atoms with Crippen molar-refractivity contribution in [3.63, 3.8) is 0 Å². The number of benzene rings is 1. The van der Waals surface area contributed by atoms with Crippen LogP contribution in [0.5, 0.6) is 5.75 Å². The minimum atomic E-state index is -0.470. The SMILES string of the molecule is CC(=O)NC(C)C(=O)N1CCN(CCOc2ccc(Cl)cc2)CC1. The van der Waals surface area contributed by atoms with E-state index in [1.54, 1.807) is 24.0 Å². The van der Waals surface area contributed by atoms with Gasteiger partial charge in [0, 0.05) is 44.7 Å². The zero-order chi connectivity index (χ0) is 17.5. The third-order valence-electron chi connectivity index (χ3n) is 3.96. The number of carbonyl (C=O) groups excluding carboxylic acids is 2. The summed E-state index contributed by atoms with van der Waals surface area (Å²) in [5.41, 5.74) is 0. The van der Waals surface area contributed by atoms with Crippen LogP contribution in [0.2, 0.25) is 5.02 Å². The Kier molecular flexibility index (Phi) is 6.87. The van der Waals surface area contributed by atoms with Crippen molar-refractivity contribution in [1.82, 2.24) is 15.1 Å². The molecule has 1 unspecified atom stereocenters. The molecule has 1 saturated heterocycles. The number of amides is 2. The standard InChI is InChI=1S/C17H24ClN3O3/c1-13(19-14(2)22)17(23)21-9-7-20(8-10-21)11-12-24-16-5-3-15(18)4-6-16/h3-6,13H,7-12H2,1-2H3,(H,19,22). The van der Waals surface area contributed by atoms with Gasteiger partial charge in [-0.2, -0.15) is 0 Å². The van der Waals surface area contributed by atoms with Crippen LogP contribution in [0.15, 0.2) is 24.3 Å². The molecule has 0 aliphatic carbocycles. The van der Waals surface area contributed by atoms with Crippen molar-refractivity contribution in [2.75, 3.05) is 39.3 Å². The van der Waals surface area contributed by atoms with Crippen molar-refractivity contribution < 1.29 is 14.3 Å². The number of piperazine rings is 1. The molecule has 24 heavy (non-hydrogen) atoms. The Bertz CT molecular complexity index is 557. The maximum atomic E-state index is 12.2. The Morgan fingerprint density at radius 2 is 1.83 bits per heavy atom. The van der Waals surface area contributed by atoms with E-state index in [-0.39, 0.29) is 11.8 Å². The van der Waals surface area contributed by atoms with Gasteiger partial charge in [0.1, 0.15) is 18.4 Å². The van der Waals surface area contributed by atoms with Gasteiger partial charge in [-0.25, -0.2) is 0 Å². The summed E-state index contributed by atoms with van der Waals surface area (Å²) in [5, 5.41) is 3.33. The average molecular weight is 354 g/mol. The molecule has 2 rings (SSSR count). The smallest absolute Gasteiger partial charge is 0.244 e. The maximum Gasteiger partial charge on any atom is 0.244 e. The van der Waals surface area contributed by atoms with Crippen LogP contribution in [-0.2, 0) is 9.59 Å². The first-order valence-electron chi connectivity index (χ1n) is 8.12. The van der Waals surface area contributed by atoms with E-state index in [9.17, 15) is 9.59 Å². The largest absolute Gasteiger partial charge is 0.492 e. The van der Waals surface area contributed by atoms with E-state index in [4.69, 9.17) is 16.3 Å². The van der Waals surface area contributed by atoms with Crippen molar-refractivity contribution in [2.24, 2.45) is 0 Å². The maximum absolute atomic E-state index is 12.2. The Balaban J connectivity index is 1.68. The number of hydrogen-bond acceptors (Lipinski definition) is 4. The summed E-state index contributed by atoms with van der Waals surface area (Å²) in [6.45, 7) is 7.50. The molecule has 1 aromatic carbocycles. The Labute approximate surface area is 147 Å². The molecule has 1 fully saturated rings. The third-order valence-corrected chi connectivity index (χ3v) is 4.22. The average Bonchev–Trinajstić information content (AvgIpc) is 2.56. The van der Waals surface area contributed by atoms with Crippen molar-refractivity contribution in [3.05, 3.63) is 29.3 Å². The molecular formula is C17H24ClN3O3. The monoisotopic (exact) mass is 353 g/mol. The van der Waals surface area contributed by atoms with E-state index in [0.29, 0.717) is 24.7 Å². The molecule has 1 aliphatic rings. The fourth-order valence-corrected chi connectivity index (χ4v) is 2.78. The Hall–Kier alpha value is -1.79. The summed E-state index contributed by atoms with van der Waals surface area (Å²) >= 11 is 5.84. The highest BCUT2D eigenvalue weighted by Gasteiger charge is 2.25. The normalized spacial score (nSPS) is 16.5. The molecule has 0 saturated carbocycles. The second-order valence-corrected chi connectivity index (χ2v) is 6.33. The molecule has 0 bridgehead atoms. The molecule has 1 heterocycles. The van der Waals surface area contributed by atoms with Gasteiger partial charge in [-0.3, -0.25) is 14.5 Å². The molecular weight excluding hydrogens is 330 g/mol. The van der Waals surface area contributed by atoms with E-state index < -0.39 is 6.04 Å². The van der Waals surface area contributed by atoms with Crippen molar-refractivity contribution in [3.8, 4) is 5.75 Å². The van der Waals surface area contributed by atoms with Gasteiger partial charge in [-0.05, 0) is 31.2 Å². The molecule has 6 nitrogen and oxygen atoms in total. The Morgan fingerprint density at radius 3 is 2.42 bits per heavy atom. The lowest BCUT2D eigenvalue weighted by atomic mass is 10.2. The first-order valence-corrected chi connectivity index (χ1v) is 8.50. The van der Waals surface area contributed by atoms with E-state index in [1.165, 1.54) is 6.92 Å². The summed E-state index contributed by atoms with van der Waals surface area (Å²) < 4.78 is 5.69. The summed E-state index contributed by atoms with van der Waals surface area (Å²) in [4.78, 5) is 27.3. The van der Waals surface area contributed by atoms with Gasteiger partial charge in [-0.15, -0.1) is 0 Å². The molecule has 132 valence electrons. The second kappa shape index (κ2) is 8.89. The molecule has 1 atom stereocenters. The zero-order valence-electron chi connectivity index (χ0n) is 14.1. The molecule has 0 radical (unpaired) electrons. The van der Waals surface area contributed by atoms with E-state index >= 15 is 0 Å². The van der Waals surface area contributed by atoms with Crippen molar-refractivity contribution in [1.29, 1.82) is 0 Å². The lowest BCUT2D eigenvalue weighted by Crippen LogP contribution is -2.54. The van der Waals surface area contributed by atoms with Crippen LogP contribution in [-0.4, -0.2) is 67.0 Å². The van der Waals surface area contributed by atoms with Crippen LogP contribution in [0, 0.1) is 0 Å². The number of halogens is 1. The van der Waals surface area contributed by atoms with Crippen LogP contribution in [0.1, 0.15) is 13.8 Å². The van der Waals surface area contributed by atoms with Gasteiger partial charge in [0.15, 0.2) is 0 Å². The van der Waals surface area contributed by atoms with Gasteiger partial charge in [0.05, 0.1) is 0 Å². The number of nitrogens with one attached hydrogen (secondary N) is 1. The van der Waals surface area contributed by atoms with Crippen LogP contribution >= 0.6 is 11.6 Å². The highest BCUT2D eigenvalue weighted by atomic mass is 35.5. The van der Waals surface area contributed by atoms with E-state index in [2.05, 4.69) is 10.2 Å². The predicted octanol–water partition coefficient (Wildman–Crippen LogP) is 1.39. The van der Waals surface area contributed by atoms with E-state index in [1.807, 2.05) is 12.1 Å². The lowest BCUT2D eigenvalue weighted by molar-refractivity contribution is -0.137. The minimum Gasteiger partial charge on any atom is -0.492 e. The second-order valence-electron chi connectivity index (χ2n) is 5.89. The van der Waals surface area contributed by atoms with Crippen LogP contribution in [0.4, 0.5) is 0 Å². The minimum absolute atomic E-state index is 0.0257. The highest BCUT2D eigenvalue weighted by Crippen LogP contribution is 2.15. The van der Waals surface area contributed by atoms with Gasteiger partial charge in [-0.1, -0.05) is 11.6 Å². The van der Waals surface area contributed by atoms with Gasteiger partial charge in [0.25, 0.3) is 0 Å². The zero-order valence-corrected chi connectivity index (χ0v) is 14.9. The summed E-state index contributed by atoms with van der Waals surface area (Å²) in [5.74, 6) is 0.591. The first kappa shape index (κ1) is 18.5. The molecule has 0 aromatic heterocycles. The van der Waals surface area contributed by atoms with Gasteiger partial charge < -0.3 is 15.0 Å². The van der Waals surface area contributed by atoms with Crippen LogP contribution in [0.3, 0.4) is 0 Å². The van der Waals surface area contributed by atoms with E-state index in [0.717, 1.165) is 25.4 Å². The first-order chi connectivity index (χ1) is 11.5. The molecule has 1 N–H and O–H groups in total. The molecule has 2 amide bonds. The fraction of sp³-hybridized carbons (Fsp3) is 0.529. The summed E-state index contributed by atoms with van der Waals surface area (Å²) in [6.07, 6.45) is 0. The number of rotatable bonds is 6.